The van der Waals surface area contributed by atoms with Crippen molar-refractivity contribution in [2.45, 2.75) is 26.7 Å². The van der Waals surface area contributed by atoms with E-state index in [1.807, 2.05) is 19.9 Å². The van der Waals surface area contributed by atoms with Gasteiger partial charge in [0.1, 0.15) is 0 Å². The third kappa shape index (κ3) is 13.3. The molecule has 0 aliphatic carbocycles. The van der Waals surface area contributed by atoms with Crippen LogP contribution in [0.15, 0.2) is 30.0 Å². The summed E-state index contributed by atoms with van der Waals surface area (Å²) in [6, 6.07) is 0. The Balaban J connectivity index is 4.89. The van der Waals surface area contributed by atoms with Crippen molar-refractivity contribution in [1.82, 2.24) is 9.80 Å². The molecule has 0 rings (SSSR count). The Hall–Kier alpha value is -2.54. The highest BCUT2D eigenvalue weighted by Gasteiger charge is 2.18. The number of carbonyl (C=O) groups is 4. The number of ketones is 2. The van der Waals surface area contributed by atoms with E-state index in [1.165, 1.54) is 15.9 Å². The molecule has 0 aromatic rings. The molecule has 0 aliphatic rings. The normalized spacial score (nSPS) is 11.3. The van der Waals surface area contributed by atoms with Crippen LogP contribution in [-0.2, 0) is 19.2 Å². The van der Waals surface area contributed by atoms with Crippen LogP contribution >= 0.6 is 0 Å². The molecular weight excluding hydrogens is 352 g/mol. The third-order valence-electron chi connectivity index (χ3n) is 3.69. The van der Waals surface area contributed by atoms with E-state index in [0.29, 0.717) is 0 Å². The van der Waals surface area contributed by atoms with Crippen molar-refractivity contribution >= 4 is 23.5 Å². The maximum Gasteiger partial charge on any atom is 0.317 e. The molecule has 27 heavy (non-hydrogen) atoms. The van der Waals surface area contributed by atoms with Crippen LogP contribution in [-0.4, -0.2) is 82.8 Å². The van der Waals surface area contributed by atoms with Crippen LogP contribution in [0.5, 0.6) is 0 Å². The van der Waals surface area contributed by atoms with Crippen molar-refractivity contribution in [1.29, 1.82) is 0 Å². The van der Waals surface area contributed by atoms with Gasteiger partial charge in [0.15, 0.2) is 11.6 Å². The van der Waals surface area contributed by atoms with Gasteiger partial charge in [0.05, 0.1) is 26.2 Å². The molecule has 0 heterocycles. The Morgan fingerprint density at radius 1 is 0.926 bits per heavy atom. The molecule has 0 atom stereocenters. The molecule has 150 valence electrons. The van der Waals surface area contributed by atoms with E-state index in [-0.39, 0.29) is 63.7 Å². The minimum Gasteiger partial charge on any atom is -0.480 e. The quantitative estimate of drug-likeness (QED) is 0.319. The first-order valence-electron chi connectivity index (χ1n) is 8.55. The lowest BCUT2D eigenvalue weighted by Crippen LogP contribution is -2.43. The average Bonchev–Trinajstić information content (AvgIpc) is 2.56. The van der Waals surface area contributed by atoms with Gasteiger partial charge in [-0.1, -0.05) is 18.2 Å². The highest BCUT2D eigenvalue weighted by molar-refractivity contribution is 5.83. The molecule has 0 spiro atoms. The van der Waals surface area contributed by atoms with Crippen LogP contribution in [0.4, 0.5) is 0 Å². The second-order valence-corrected chi connectivity index (χ2v) is 6.21. The van der Waals surface area contributed by atoms with E-state index in [2.05, 4.69) is 12.3 Å². The van der Waals surface area contributed by atoms with Gasteiger partial charge in [0, 0.05) is 25.9 Å². The lowest BCUT2D eigenvalue weighted by Gasteiger charge is -2.25. The summed E-state index contributed by atoms with van der Waals surface area (Å²) in [5.41, 5.74) is 3.37. The SMILES string of the molecule is C=C=CCC(=O)CN(CCN(CC(=O)O)CC(=O)C/C(C)=C\C)CC(=O)O. The molecule has 0 radical (unpaired) electrons. The Kier molecular flexibility index (Phi) is 12.4. The highest BCUT2D eigenvalue weighted by atomic mass is 16.4. The monoisotopic (exact) mass is 380 g/mol. The van der Waals surface area contributed by atoms with Gasteiger partial charge in [-0.3, -0.25) is 29.0 Å². The maximum atomic E-state index is 12.1. The second kappa shape index (κ2) is 13.6. The van der Waals surface area contributed by atoms with Crippen molar-refractivity contribution < 1.29 is 29.4 Å². The van der Waals surface area contributed by atoms with Crippen molar-refractivity contribution in [3.63, 3.8) is 0 Å². The van der Waals surface area contributed by atoms with Gasteiger partial charge in [0.2, 0.25) is 0 Å². The number of aliphatic carboxylic acids is 2. The van der Waals surface area contributed by atoms with E-state index in [4.69, 9.17) is 10.2 Å². The fourth-order valence-electron chi connectivity index (χ4n) is 2.31. The minimum atomic E-state index is -1.09. The number of carbonyl (C=O) groups excluding carboxylic acids is 2. The fraction of sp³-hybridized carbons (Fsp3) is 0.526. The number of hydrogen-bond donors (Lipinski definition) is 2. The van der Waals surface area contributed by atoms with Gasteiger partial charge in [-0.05, 0) is 19.9 Å². The van der Waals surface area contributed by atoms with E-state index in [0.717, 1.165) is 5.57 Å². The molecule has 0 fully saturated rings. The smallest absolute Gasteiger partial charge is 0.317 e. The first-order chi connectivity index (χ1) is 12.7. The number of hydrogen-bond acceptors (Lipinski definition) is 6. The van der Waals surface area contributed by atoms with Crippen molar-refractivity contribution in [3.8, 4) is 0 Å². The van der Waals surface area contributed by atoms with Gasteiger partial charge in [-0.15, -0.1) is 5.73 Å². The van der Waals surface area contributed by atoms with Crippen molar-refractivity contribution in [3.05, 3.63) is 30.0 Å². The predicted molar refractivity (Wildman–Crippen MR) is 101 cm³/mol. The predicted octanol–water partition coefficient (Wildman–Crippen LogP) is 0.985. The summed E-state index contributed by atoms with van der Waals surface area (Å²) in [5, 5.41) is 18.0. The summed E-state index contributed by atoms with van der Waals surface area (Å²) in [5.74, 6) is -2.49. The number of carboxylic acids is 2. The summed E-state index contributed by atoms with van der Waals surface area (Å²) < 4.78 is 0. The standard InChI is InChI=1S/C19H28N2O6/c1-4-6-7-16(22)11-20(13-18(24)25)8-9-21(14-19(26)27)12-17(23)10-15(3)5-2/h5-6H,1,7-14H2,2-3H3,(H,24,25)(H,26,27)/b15-5-. The number of nitrogens with zero attached hydrogens (tertiary/aromatic N) is 2. The maximum absolute atomic E-state index is 12.1. The minimum absolute atomic E-state index is 0.0501. The fourth-order valence-corrected chi connectivity index (χ4v) is 2.31. The zero-order valence-electron chi connectivity index (χ0n) is 15.9. The highest BCUT2D eigenvalue weighted by Crippen LogP contribution is 2.03. The molecule has 0 unspecified atom stereocenters. The summed E-state index contributed by atoms with van der Waals surface area (Å²) >= 11 is 0. The van der Waals surface area contributed by atoms with Crippen LogP contribution < -0.4 is 0 Å². The first kappa shape index (κ1) is 24.5. The van der Waals surface area contributed by atoms with Crippen molar-refractivity contribution in [2.75, 3.05) is 39.3 Å². The topological polar surface area (TPSA) is 115 Å². The average molecular weight is 380 g/mol. The molecule has 0 aromatic heterocycles. The number of carboxylic acid groups (broad SMARTS) is 2. The van der Waals surface area contributed by atoms with Gasteiger partial charge in [-0.2, -0.15) is 0 Å². The van der Waals surface area contributed by atoms with E-state index < -0.39 is 11.9 Å². The van der Waals surface area contributed by atoms with Crippen LogP contribution in [0.25, 0.3) is 0 Å². The summed E-state index contributed by atoms with van der Waals surface area (Å²) in [6.45, 7) is 6.48. The van der Waals surface area contributed by atoms with Gasteiger partial charge < -0.3 is 10.2 Å². The molecule has 2 N–H and O–H groups in total. The molecule has 0 bridgehead atoms. The second-order valence-electron chi connectivity index (χ2n) is 6.21. The zero-order valence-corrected chi connectivity index (χ0v) is 15.9. The first-order valence-corrected chi connectivity index (χ1v) is 8.55. The molecule has 0 saturated carbocycles. The molecule has 8 nitrogen and oxygen atoms in total. The molecular formula is C19H28N2O6. The van der Waals surface area contributed by atoms with Crippen LogP contribution in [0.3, 0.4) is 0 Å². The van der Waals surface area contributed by atoms with E-state index in [9.17, 15) is 19.2 Å². The lowest BCUT2D eigenvalue weighted by molar-refractivity contribution is -0.141. The Morgan fingerprint density at radius 3 is 1.81 bits per heavy atom. The summed E-state index contributed by atoms with van der Waals surface area (Å²) in [6.07, 6.45) is 3.61. The molecule has 0 saturated heterocycles. The van der Waals surface area contributed by atoms with E-state index in [1.54, 1.807) is 0 Å². The Bertz CT molecular complexity index is 620. The van der Waals surface area contributed by atoms with Gasteiger partial charge in [0.25, 0.3) is 0 Å². The molecule has 0 aliphatic heterocycles. The molecule has 0 aromatic carbocycles. The third-order valence-corrected chi connectivity index (χ3v) is 3.69. The van der Waals surface area contributed by atoms with E-state index >= 15 is 0 Å². The number of Topliss-reactive ketones (excluding diaryl/α,β-unsaturated/α-hetero) is 2. The van der Waals surface area contributed by atoms with Crippen LogP contribution in [0.1, 0.15) is 26.7 Å². The molecule has 0 amide bonds. The summed E-state index contributed by atoms with van der Waals surface area (Å²) in [7, 11) is 0. The van der Waals surface area contributed by atoms with Gasteiger partial charge in [-0.25, -0.2) is 0 Å². The zero-order chi connectivity index (χ0) is 20.8. The number of rotatable bonds is 15. The Morgan fingerprint density at radius 2 is 1.41 bits per heavy atom. The molecule has 8 heteroatoms. The van der Waals surface area contributed by atoms with Crippen LogP contribution in [0, 0.1) is 0 Å². The number of allylic oxidation sites excluding steroid dienone is 3. The lowest BCUT2D eigenvalue weighted by atomic mass is 10.1. The largest absolute Gasteiger partial charge is 0.480 e. The van der Waals surface area contributed by atoms with Crippen LogP contribution in [0.2, 0.25) is 0 Å². The summed E-state index contributed by atoms with van der Waals surface area (Å²) in [4.78, 5) is 48.8. The van der Waals surface area contributed by atoms with Crippen molar-refractivity contribution in [2.24, 2.45) is 0 Å². The Labute approximate surface area is 159 Å². The van der Waals surface area contributed by atoms with Gasteiger partial charge >= 0.3 is 11.9 Å².